The first-order chi connectivity index (χ1) is 9.70. The lowest BCUT2D eigenvalue weighted by Crippen LogP contribution is -2.11. The predicted molar refractivity (Wildman–Crippen MR) is 79.3 cm³/mol. The smallest absolute Gasteiger partial charge is 0.338 e. The van der Waals surface area contributed by atoms with Crippen LogP contribution in [0.1, 0.15) is 34.1 Å². The Bertz CT molecular complexity index is 576. The Labute approximate surface area is 121 Å². The highest BCUT2D eigenvalue weighted by Gasteiger charge is 2.08. The number of amides is 1. The van der Waals surface area contributed by atoms with E-state index in [2.05, 4.69) is 5.32 Å². The summed E-state index contributed by atoms with van der Waals surface area (Å²) >= 11 is 1.47. The topological polar surface area (TPSA) is 55.4 Å². The molecule has 0 unspecified atom stereocenters. The zero-order valence-electron chi connectivity index (χ0n) is 11.1. The number of thiophene rings is 1. The van der Waals surface area contributed by atoms with Crippen LogP contribution in [0.5, 0.6) is 0 Å². The van der Waals surface area contributed by atoms with Crippen LogP contribution in [0.25, 0.3) is 0 Å². The zero-order valence-corrected chi connectivity index (χ0v) is 11.9. The molecule has 0 fully saturated rings. The van der Waals surface area contributed by atoms with E-state index in [1.807, 2.05) is 12.3 Å². The van der Waals surface area contributed by atoms with Crippen molar-refractivity contribution < 1.29 is 14.3 Å². The number of esters is 1. The van der Waals surface area contributed by atoms with Crippen molar-refractivity contribution in [2.45, 2.75) is 13.3 Å². The number of hydrogen-bond acceptors (Lipinski definition) is 4. The SMILES string of the molecule is CCCOC(=O)c1ccc(NC(=O)c2ccsc2)cc1. The largest absolute Gasteiger partial charge is 0.462 e. The van der Waals surface area contributed by atoms with Crippen molar-refractivity contribution in [3.05, 3.63) is 52.2 Å². The molecule has 20 heavy (non-hydrogen) atoms. The van der Waals surface area contributed by atoms with Gasteiger partial charge in [-0.3, -0.25) is 4.79 Å². The quantitative estimate of drug-likeness (QED) is 0.856. The third-order valence-electron chi connectivity index (χ3n) is 2.60. The molecule has 4 nitrogen and oxygen atoms in total. The van der Waals surface area contributed by atoms with Crippen molar-refractivity contribution >= 4 is 28.9 Å². The van der Waals surface area contributed by atoms with Gasteiger partial charge >= 0.3 is 5.97 Å². The van der Waals surface area contributed by atoms with Crippen molar-refractivity contribution in [1.82, 2.24) is 0 Å². The monoisotopic (exact) mass is 289 g/mol. The summed E-state index contributed by atoms with van der Waals surface area (Å²) in [5.74, 6) is -0.505. The van der Waals surface area contributed by atoms with Crippen molar-refractivity contribution in [2.75, 3.05) is 11.9 Å². The molecule has 0 saturated heterocycles. The van der Waals surface area contributed by atoms with Gasteiger partial charge in [-0.15, -0.1) is 0 Å². The van der Waals surface area contributed by atoms with E-state index < -0.39 is 0 Å². The van der Waals surface area contributed by atoms with Crippen LogP contribution in [-0.2, 0) is 4.74 Å². The lowest BCUT2D eigenvalue weighted by molar-refractivity contribution is 0.0505. The molecule has 1 amide bonds. The first-order valence-corrected chi connectivity index (χ1v) is 7.25. The van der Waals surface area contributed by atoms with E-state index >= 15 is 0 Å². The second-order valence-corrected chi connectivity index (χ2v) is 4.96. The summed E-state index contributed by atoms with van der Waals surface area (Å²) < 4.78 is 5.03. The third kappa shape index (κ3) is 3.68. The molecule has 0 atom stereocenters. The minimum atomic E-state index is -0.345. The van der Waals surface area contributed by atoms with E-state index in [9.17, 15) is 9.59 Å². The van der Waals surface area contributed by atoms with Gasteiger partial charge in [0, 0.05) is 11.1 Å². The molecule has 1 heterocycles. The van der Waals surface area contributed by atoms with Gasteiger partial charge in [0.2, 0.25) is 0 Å². The summed E-state index contributed by atoms with van der Waals surface area (Å²) in [6, 6.07) is 8.42. The second-order valence-electron chi connectivity index (χ2n) is 4.18. The van der Waals surface area contributed by atoms with Crippen LogP contribution in [0.15, 0.2) is 41.1 Å². The molecule has 104 valence electrons. The van der Waals surface area contributed by atoms with E-state index in [1.54, 1.807) is 35.7 Å². The van der Waals surface area contributed by atoms with Crippen LogP contribution in [-0.4, -0.2) is 18.5 Å². The van der Waals surface area contributed by atoms with Crippen LogP contribution < -0.4 is 5.32 Å². The highest BCUT2D eigenvalue weighted by Crippen LogP contribution is 2.13. The zero-order chi connectivity index (χ0) is 14.4. The lowest BCUT2D eigenvalue weighted by atomic mass is 10.2. The normalized spacial score (nSPS) is 10.1. The van der Waals surface area contributed by atoms with Gasteiger partial charge in [0.1, 0.15) is 0 Å². The number of nitrogens with one attached hydrogen (secondary N) is 1. The van der Waals surface area contributed by atoms with Crippen LogP contribution in [0, 0.1) is 0 Å². The maximum Gasteiger partial charge on any atom is 0.338 e. The van der Waals surface area contributed by atoms with Crippen LogP contribution in [0.4, 0.5) is 5.69 Å². The molecule has 0 aliphatic rings. The highest BCUT2D eigenvalue weighted by atomic mass is 32.1. The molecular weight excluding hydrogens is 274 g/mol. The second kappa shape index (κ2) is 6.86. The van der Waals surface area contributed by atoms with E-state index in [-0.39, 0.29) is 11.9 Å². The molecule has 1 N–H and O–H groups in total. The fourth-order valence-electron chi connectivity index (χ4n) is 1.56. The minimum Gasteiger partial charge on any atom is -0.462 e. The molecule has 0 bridgehead atoms. The molecule has 1 aromatic heterocycles. The van der Waals surface area contributed by atoms with Crippen LogP contribution >= 0.6 is 11.3 Å². The first-order valence-electron chi connectivity index (χ1n) is 6.31. The Morgan fingerprint density at radius 2 is 1.90 bits per heavy atom. The fourth-order valence-corrected chi connectivity index (χ4v) is 2.20. The van der Waals surface area contributed by atoms with Gasteiger partial charge in [0.05, 0.1) is 17.7 Å². The molecule has 0 saturated carbocycles. The van der Waals surface area contributed by atoms with Gasteiger partial charge in [-0.25, -0.2) is 4.79 Å². The van der Waals surface area contributed by atoms with Gasteiger partial charge in [0.25, 0.3) is 5.91 Å². The molecule has 2 rings (SSSR count). The number of rotatable bonds is 5. The summed E-state index contributed by atoms with van der Waals surface area (Å²) in [5.41, 5.74) is 1.75. The summed E-state index contributed by atoms with van der Waals surface area (Å²) in [7, 11) is 0. The maximum atomic E-state index is 11.8. The average Bonchev–Trinajstić information content (AvgIpc) is 3.00. The van der Waals surface area contributed by atoms with Crippen molar-refractivity contribution in [3.8, 4) is 0 Å². The third-order valence-corrected chi connectivity index (χ3v) is 3.28. The summed E-state index contributed by atoms with van der Waals surface area (Å²) in [6.45, 7) is 2.35. The molecule has 5 heteroatoms. The minimum absolute atomic E-state index is 0.160. The van der Waals surface area contributed by atoms with Crippen LogP contribution in [0.2, 0.25) is 0 Å². The van der Waals surface area contributed by atoms with Gasteiger partial charge < -0.3 is 10.1 Å². The van der Waals surface area contributed by atoms with E-state index in [4.69, 9.17) is 4.74 Å². The molecule has 2 aromatic rings. The molecule has 0 radical (unpaired) electrons. The van der Waals surface area contributed by atoms with Gasteiger partial charge in [-0.2, -0.15) is 11.3 Å². The standard InChI is InChI=1S/C15H15NO3S/c1-2-8-19-15(18)11-3-5-13(6-4-11)16-14(17)12-7-9-20-10-12/h3-7,9-10H,2,8H2,1H3,(H,16,17). The Morgan fingerprint density at radius 3 is 2.50 bits per heavy atom. The number of hydrogen-bond donors (Lipinski definition) is 1. The van der Waals surface area contributed by atoms with Gasteiger partial charge in [-0.1, -0.05) is 6.92 Å². The Hall–Kier alpha value is -2.14. The molecule has 0 aliphatic heterocycles. The number of carbonyl (C=O) groups is 2. The Morgan fingerprint density at radius 1 is 1.15 bits per heavy atom. The van der Waals surface area contributed by atoms with Crippen molar-refractivity contribution in [3.63, 3.8) is 0 Å². The van der Waals surface area contributed by atoms with E-state index in [0.29, 0.717) is 23.4 Å². The summed E-state index contributed by atoms with van der Waals surface area (Å²) in [5, 5.41) is 6.40. The van der Waals surface area contributed by atoms with E-state index in [0.717, 1.165) is 6.42 Å². The van der Waals surface area contributed by atoms with E-state index in [1.165, 1.54) is 11.3 Å². The number of anilines is 1. The van der Waals surface area contributed by atoms with Gasteiger partial charge in [0.15, 0.2) is 0 Å². The van der Waals surface area contributed by atoms with Crippen LogP contribution in [0.3, 0.4) is 0 Å². The Balaban J connectivity index is 1.98. The molecule has 0 spiro atoms. The first kappa shape index (κ1) is 14.3. The summed E-state index contributed by atoms with van der Waals surface area (Å²) in [4.78, 5) is 23.5. The Kier molecular flexibility index (Phi) is 4.90. The molecule has 1 aromatic carbocycles. The highest BCUT2D eigenvalue weighted by molar-refractivity contribution is 7.08. The fraction of sp³-hybridized carbons (Fsp3) is 0.200. The number of ether oxygens (including phenoxy) is 1. The number of benzene rings is 1. The number of carbonyl (C=O) groups excluding carboxylic acids is 2. The summed E-state index contributed by atoms with van der Waals surface area (Å²) in [6.07, 6.45) is 0.792. The predicted octanol–water partition coefficient (Wildman–Crippen LogP) is 3.57. The maximum absolute atomic E-state index is 11.8. The van der Waals surface area contributed by atoms with Gasteiger partial charge in [-0.05, 0) is 42.1 Å². The van der Waals surface area contributed by atoms with Crippen molar-refractivity contribution in [1.29, 1.82) is 0 Å². The molecule has 0 aliphatic carbocycles. The molecular formula is C15H15NO3S. The lowest BCUT2D eigenvalue weighted by Gasteiger charge is -2.06. The van der Waals surface area contributed by atoms with Crippen molar-refractivity contribution in [2.24, 2.45) is 0 Å². The average molecular weight is 289 g/mol.